The molecule has 10 heteroatoms. The van der Waals surface area contributed by atoms with E-state index in [2.05, 4.69) is 10.0 Å². The van der Waals surface area contributed by atoms with E-state index in [4.69, 9.17) is 0 Å². The number of rotatable bonds is 7. The molecule has 0 fully saturated rings. The highest BCUT2D eigenvalue weighted by Gasteiger charge is 2.20. The van der Waals surface area contributed by atoms with Crippen LogP contribution in [0, 0.1) is 29.8 Å². The number of thiophene rings is 1. The fourth-order valence-corrected chi connectivity index (χ4v) is 4.76. The standard InChI is InChI=1S/C14H16FN3O4S2/c1-9-8-13(10(2)23-9)24(21,22)17-7-6-16-12-5-3-4-11(15)14(12)18(19)20/h3-5,8,16-17H,6-7H2,1-2H3. The molecular formula is C14H16FN3O4S2. The number of nitrogens with zero attached hydrogens (tertiary/aromatic N) is 1. The van der Waals surface area contributed by atoms with Gasteiger partial charge in [-0.2, -0.15) is 4.39 Å². The van der Waals surface area contributed by atoms with Gasteiger partial charge in [0.15, 0.2) is 0 Å². The third-order valence-corrected chi connectivity index (χ3v) is 5.87. The van der Waals surface area contributed by atoms with Gasteiger partial charge in [0.25, 0.3) is 0 Å². The van der Waals surface area contributed by atoms with E-state index in [0.29, 0.717) is 4.88 Å². The van der Waals surface area contributed by atoms with Crippen molar-refractivity contribution in [3.8, 4) is 0 Å². The quantitative estimate of drug-likeness (QED) is 0.441. The maximum atomic E-state index is 13.5. The summed E-state index contributed by atoms with van der Waals surface area (Å²) in [6.07, 6.45) is 0. The van der Waals surface area contributed by atoms with Crippen LogP contribution in [-0.4, -0.2) is 26.4 Å². The second-order valence-electron chi connectivity index (χ2n) is 5.00. The molecular weight excluding hydrogens is 357 g/mol. The summed E-state index contributed by atoms with van der Waals surface area (Å²) in [5, 5.41) is 13.5. The lowest BCUT2D eigenvalue weighted by Crippen LogP contribution is -2.29. The van der Waals surface area contributed by atoms with Gasteiger partial charge in [-0.1, -0.05) is 6.07 Å². The molecule has 2 aromatic rings. The summed E-state index contributed by atoms with van der Waals surface area (Å²) in [6, 6.07) is 5.29. The van der Waals surface area contributed by atoms with Crippen LogP contribution in [0.2, 0.25) is 0 Å². The number of para-hydroxylation sites is 1. The van der Waals surface area contributed by atoms with Crippen molar-refractivity contribution in [2.75, 3.05) is 18.4 Å². The van der Waals surface area contributed by atoms with Crippen LogP contribution in [0.15, 0.2) is 29.2 Å². The van der Waals surface area contributed by atoms with Crippen molar-refractivity contribution in [1.82, 2.24) is 4.72 Å². The summed E-state index contributed by atoms with van der Waals surface area (Å²) in [7, 11) is -3.65. The number of sulfonamides is 1. The molecule has 0 radical (unpaired) electrons. The van der Waals surface area contributed by atoms with E-state index < -0.39 is 26.5 Å². The highest BCUT2D eigenvalue weighted by atomic mass is 32.2. The summed E-state index contributed by atoms with van der Waals surface area (Å²) >= 11 is 1.39. The van der Waals surface area contributed by atoms with Crippen LogP contribution in [-0.2, 0) is 10.0 Å². The van der Waals surface area contributed by atoms with E-state index >= 15 is 0 Å². The molecule has 1 aromatic carbocycles. The Balaban J connectivity index is 2.00. The molecule has 0 atom stereocenters. The number of nitro groups is 1. The first-order valence-corrected chi connectivity index (χ1v) is 9.26. The zero-order chi connectivity index (χ0) is 17.9. The van der Waals surface area contributed by atoms with Crippen LogP contribution in [0.5, 0.6) is 0 Å². The lowest BCUT2D eigenvalue weighted by Gasteiger charge is -2.09. The van der Waals surface area contributed by atoms with Crippen molar-refractivity contribution in [2.45, 2.75) is 18.7 Å². The first kappa shape index (κ1) is 18.3. The third-order valence-electron chi connectivity index (χ3n) is 3.19. The van der Waals surface area contributed by atoms with Crippen molar-refractivity contribution in [2.24, 2.45) is 0 Å². The number of hydrogen-bond donors (Lipinski definition) is 2. The lowest BCUT2D eigenvalue weighted by molar-refractivity contribution is -0.386. The van der Waals surface area contributed by atoms with Gasteiger partial charge in [-0.3, -0.25) is 10.1 Å². The zero-order valence-electron chi connectivity index (χ0n) is 13.0. The molecule has 130 valence electrons. The van der Waals surface area contributed by atoms with E-state index in [9.17, 15) is 22.9 Å². The van der Waals surface area contributed by atoms with E-state index in [1.807, 2.05) is 6.92 Å². The molecule has 7 nitrogen and oxygen atoms in total. The Hall–Kier alpha value is -2.04. The van der Waals surface area contributed by atoms with Gasteiger partial charge in [0.1, 0.15) is 5.69 Å². The summed E-state index contributed by atoms with van der Waals surface area (Å²) < 4.78 is 40.3. The van der Waals surface area contributed by atoms with Crippen molar-refractivity contribution in [3.63, 3.8) is 0 Å². The minimum Gasteiger partial charge on any atom is -0.378 e. The number of aryl methyl sites for hydroxylation is 2. The largest absolute Gasteiger partial charge is 0.378 e. The number of halogens is 1. The predicted molar refractivity (Wildman–Crippen MR) is 90.5 cm³/mol. The normalized spacial score (nSPS) is 11.5. The molecule has 0 amide bonds. The van der Waals surface area contributed by atoms with E-state index in [1.54, 1.807) is 13.0 Å². The highest BCUT2D eigenvalue weighted by Crippen LogP contribution is 2.27. The van der Waals surface area contributed by atoms with E-state index in [-0.39, 0.29) is 23.7 Å². The van der Waals surface area contributed by atoms with Crippen molar-refractivity contribution in [3.05, 3.63) is 50.0 Å². The number of anilines is 1. The summed E-state index contributed by atoms with van der Waals surface area (Å²) in [5.74, 6) is -0.949. The van der Waals surface area contributed by atoms with Crippen LogP contribution < -0.4 is 10.0 Å². The second-order valence-corrected chi connectivity index (χ2v) is 8.19. The minimum atomic E-state index is -3.65. The van der Waals surface area contributed by atoms with Crippen molar-refractivity contribution in [1.29, 1.82) is 0 Å². The molecule has 1 aromatic heterocycles. The monoisotopic (exact) mass is 373 g/mol. The molecule has 2 N–H and O–H groups in total. The van der Waals surface area contributed by atoms with Gasteiger partial charge in [-0.25, -0.2) is 13.1 Å². The average Bonchev–Trinajstić information content (AvgIpc) is 2.83. The van der Waals surface area contributed by atoms with Gasteiger partial charge in [0, 0.05) is 22.8 Å². The van der Waals surface area contributed by atoms with E-state index in [1.165, 1.54) is 23.5 Å². The van der Waals surface area contributed by atoms with Crippen LogP contribution in [0.25, 0.3) is 0 Å². The Morgan fingerprint density at radius 1 is 1.29 bits per heavy atom. The Morgan fingerprint density at radius 2 is 2.00 bits per heavy atom. The lowest BCUT2D eigenvalue weighted by atomic mass is 10.2. The van der Waals surface area contributed by atoms with Crippen LogP contribution in [0.1, 0.15) is 9.75 Å². The summed E-state index contributed by atoms with van der Waals surface area (Å²) in [5.41, 5.74) is -0.661. The molecule has 0 spiro atoms. The molecule has 0 unspecified atom stereocenters. The predicted octanol–water partition coefficient (Wildman–Crippen LogP) is 2.80. The fraction of sp³-hybridized carbons (Fsp3) is 0.286. The van der Waals surface area contributed by atoms with E-state index in [0.717, 1.165) is 10.9 Å². The van der Waals surface area contributed by atoms with Crippen molar-refractivity contribution < 1.29 is 17.7 Å². The van der Waals surface area contributed by atoms with Gasteiger partial charge in [0.05, 0.1) is 9.82 Å². The van der Waals surface area contributed by atoms with Crippen molar-refractivity contribution >= 4 is 32.7 Å². The Morgan fingerprint density at radius 3 is 2.58 bits per heavy atom. The maximum Gasteiger partial charge on any atom is 0.327 e. The number of nitro benzene ring substituents is 1. The fourth-order valence-electron chi connectivity index (χ4n) is 2.18. The van der Waals surface area contributed by atoms with Crippen LogP contribution in [0.3, 0.4) is 0 Å². The first-order valence-electron chi connectivity index (χ1n) is 6.96. The SMILES string of the molecule is Cc1cc(S(=O)(=O)NCCNc2cccc(F)c2[N+](=O)[O-])c(C)s1. The smallest absolute Gasteiger partial charge is 0.327 e. The average molecular weight is 373 g/mol. The number of hydrogen-bond acceptors (Lipinski definition) is 6. The highest BCUT2D eigenvalue weighted by molar-refractivity contribution is 7.89. The summed E-state index contributed by atoms with van der Waals surface area (Å²) in [4.78, 5) is 11.9. The molecule has 0 aliphatic heterocycles. The Kier molecular flexibility index (Phi) is 5.52. The Labute approximate surface area is 142 Å². The second kappa shape index (κ2) is 7.24. The molecule has 0 saturated heterocycles. The maximum absolute atomic E-state index is 13.5. The molecule has 0 saturated carbocycles. The molecule has 2 rings (SSSR count). The molecule has 0 bridgehead atoms. The topological polar surface area (TPSA) is 101 Å². The van der Waals surface area contributed by atoms with Gasteiger partial charge in [0.2, 0.25) is 15.8 Å². The summed E-state index contributed by atoms with van der Waals surface area (Å²) in [6.45, 7) is 3.62. The molecule has 1 heterocycles. The number of nitrogens with one attached hydrogen (secondary N) is 2. The van der Waals surface area contributed by atoms with Gasteiger partial charge in [-0.05, 0) is 32.0 Å². The van der Waals surface area contributed by atoms with Crippen LogP contribution >= 0.6 is 11.3 Å². The minimum absolute atomic E-state index is 0.00163. The zero-order valence-corrected chi connectivity index (χ0v) is 14.6. The Bertz CT molecular complexity index is 865. The third kappa shape index (κ3) is 4.08. The molecule has 0 aliphatic carbocycles. The number of benzene rings is 1. The first-order chi connectivity index (χ1) is 11.2. The van der Waals surface area contributed by atoms with Gasteiger partial charge in [-0.15, -0.1) is 11.3 Å². The molecule has 24 heavy (non-hydrogen) atoms. The van der Waals surface area contributed by atoms with Gasteiger partial charge < -0.3 is 5.32 Å². The van der Waals surface area contributed by atoms with Gasteiger partial charge >= 0.3 is 5.69 Å². The van der Waals surface area contributed by atoms with Crippen LogP contribution in [0.4, 0.5) is 15.8 Å². The molecule has 0 aliphatic rings.